The molecule has 1 saturated carbocycles. The van der Waals surface area contributed by atoms with E-state index in [0.717, 1.165) is 12.8 Å². The number of halogens is 1. The van der Waals surface area contributed by atoms with Gasteiger partial charge in [0.25, 0.3) is 0 Å². The van der Waals surface area contributed by atoms with Gasteiger partial charge in [0.2, 0.25) is 0 Å². The van der Waals surface area contributed by atoms with E-state index in [0.29, 0.717) is 0 Å². The van der Waals surface area contributed by atoms with Gasteiger partial charge in [-0.25, -0.2) is 5.11 Å². The average molecular weight is 164 g/mol. The lowest BCUT2D eigenvalue weighted by Crippen LogP contribution is -2.32. The summed E-state index contributed by atoms with van der Waals surface area (Å²) < 4.78 is 0.0208. The molecule has 1 aliphatic carbocycles. The Kier molecular flexibility index (Phi) is 1.39. The molecule has 0 aromatic heterocycles. The first-order valence-electron chi connectivity index (χ1n) is 2.54. The summed E-state index contributed by atoms with van der Waals surface area (Å²) in [5, 5.41) is 10.2. The van der Waals surface area contributed by atoms with E-state index >= 15 is 0 Å². The Morgan fingerprint density at radius 3 is 2.14 bits per heavy atom. The van der Waals surface area contributed by atoms with E-state index in [2.05, 4.69) is 15.9 Å². The second kappa shape index (κ2) is 1.75. The first-order chi connectivity index (χ1) is 3.27. The molecular weight excluding hydrogens is 156 g/mol. The van der Waals surface area contributed by atoms with Crippen molar-refractivity contribution < 1.29 is 5.11 Å². The van der Waals surface area contributed by atoms with Crippen molar-refractivity contribution in [2.75, 3.05) is 6.61 Å². The lowest BCUT2D eigenvalue weighted by atomic mass is 9.86. The monoisotopic (exact) mass is 163 g/mol. The second-order valence-corrected chi connectivity index (χ2v) is 3.83. The molecule has 2 heteroatoms. The molecule has 0 aliphatic heterocycles. The van der Waals surface area contributed by atoms with Crippen LogP contribution in [0.1, 0.15) is 19.3 Å². The predicted molar refractivity (Wildman–Crippen MR) is 31.1 cm³/mol. The molecule has 0 atom stereocenters. The predicted octanol–water partition coefficient (Wildman–Crippen LogP) is 1.73. The molecule has 7 heavy (non-hydrogen) atoms. The molecule has 0 aromatic carbocycles. The lowest BCUT2D eigenvalue weighted by Gasteiger charge is -2.32. The third-order valence-corrected chi connectivity index (χ3v) is 2.53. The summed E-state index contributed by atoms with van der Waals surface area (Å²) in [6.07, 6.45) is 3.39. The van der Waals surface area contributed by atoms with Gasteiger partial charge in [0.15, 0.2) is 0 Å². The van der Waals surface area contributed by atoms with Crippen LogP contribution in [0.15, 0.2) is 0 Å². The number of rotatable bonds is 1. The highest BCUT2D eigenvalue weighted by Gasteiger charge is 2.33. The van der Waals surface area contributed by atoms with Crippen molar-refractivity contribution in [2.45, 2.75) is 23.6 Å². The molecule has 0 saturated heterocycles. The van der Waals surface area contributed by atoms with Crippen LogP contribution in [-0.2, 0) is 5.11 Å². The highest BCUT2D eigenvalue weighted by Crippen LogP contribution is 2.39. The van der Waals surface area contributed by atoms with Crippen molar-refractivity contribution in [1.29, 1.82) is 0 Å². The van der Waals surface area contributed by atoms with Crippen LogP contribution in [0, 0.1) is 0 Å². The van der Waals surface area contributed by atoms with Crippen LogP contribution in [0.5, 0.6) is 0 Å². The van der Waals surface area contributed by atoms with Crippen molar-refractivity contribution >= 4 is 15.9 Å². The van der Waals surface area contributed by atoms with Gasteiger partial charge < -0.3 is 0 Å². The summed E-state index contributed by atoms with van der Waals surface area (Å²) in [4.78, 5) is 0. The Morgan fingerprint density at radius 1 is 1.57 bits per heavy atom. The van der Waals surface area contributed by atoms with Gasteiger partial charge in [0, 0.05) is 0 Å². The Morgan fingerprint density at radius 2 is 2.14 bits per heavy atom. The molecule has 1 radical (unpaired) electrons. The summed E-state index contributed by atoms with van der Waals surface area (Å²) in [6.45, 7) is 0.0486. The van der Waals surface area contributed by atoms with Crippen LogP contribution in [0.3, 0.4) is 0 Å². The fraction of sp³-hybridized carbons (Fsp3) is 1.00. The van der Waals surface area contributed by atoms with Crippen molar-refractivity contribution in [3.05, 3.63) is 0 Å². The molecule has 1 rings (SSSR count). The molecule has 0 bridgehead atoms. The maximum absolute atomic E-state index is 10.2. The van der Waals surface area contributed by atoms with E-state index in [1.807, 2.05) is 0 Å². The number of hydrogen-bond acceptors (Lipinski definition) is 0. The summed E-state index contributed by atoms with van der Waals surface area (Å²) in [5.74, 6) is 0. The number of alkyl halides is 1. The normalized spacial score (nSPS) is 26.6. The van der Waals surface area contributed by atoms with E-state index in [-0.39, 0.29) is 10.9 Å². The molecule has 1 nitrogen and oxygen atoms in total. The fourth-order valence-corrected chi connectivity index (χ4v) is 1.27. The summed E-state index contributed by atoms with van der Waals surface area (Å²) in [7, 11) is 0. The van der Waals surface area contributed by atoms with E-state index in [4.69, 9.17) is 0 Å². The maximum atomic E-state index is 10.2. The molecule has 0 spiro atoms. The Hall–Kier alpha value is 0.440. The second-order valence-electron chi connectivity index (χ2n) is 2.15. The van der Waals surface area contributed by atoms with Gasteiger partial charge in [0.1, 0.15) is 0 Å². The molecule has 41 valence electrons. The van der Waals surface area contributed by atoms with Crippen LogP contribution >= 0.6 is 15.9 Å². The van der Waals surface area contributed by atoms with E-state index < -0.39 is 0 Å². The van der Waals surface area contributed by atoms with Gasteiger partial charge in [-0.3, -0.25) is 0 Å². The molecule has 1 aliphatic rings. The van der Waals surface area contributed by atoms with Crippen molar-refractivity contribution in [3.63, 3.8) is 0 Å². The first-order valence-corrected chi connectivity index (χ1v) is 3.33. The molecule has 1 fully saturated rings. The fourth-order valence-electron chi connectivity index (χ4n) is 0.705. The zero-order valence-electron chi connectivity index (χ0n) is 4.11. The molecule has 0 unspecified atom stereocenters. The van der Waals surface area contributed by atoms with Gasteiger partial charge in [-0.05, 0) is 12.8 Å². The third-order valence-electron chi connectivity index (χ3n) is 1.51. The standard InChI is InChI=1S/C5H8BrO/c6-5(4-7)2-1-3-5/h1-4H2. The first kappa shape index (κ1) is 5.57. The van der Waals surface area contributed by atoms with Gasteiger partial charge in [-0.2, -0.15) is 0 Å². The van der Waals surface area contributed by atoms with Crippen molar-refractivity contribution in [1.82, 2.24) is 0 Å². The van der Waals surface area contributed by atoms with E-state index in [1.54, 1.807) is 0 Å². The minimum Gasteiger partial charge on any atom is -0.235 e. The topological polar surface area (TPSA) is 19.9 Å². The molecule has 0 heterocycles. The Bertz CT molecular complexity index is 63.0. The Balaban J connectivity index is 2.29. The number of hydrogen-bond donors (Lipinski definition) is 0. The highest BCUT2D eigenvalue weighted by molar-refractivity contribution is 9.10. The van der Waals surface area contributed by atoms with Gasteiger partial charge >= 0.3 is 0 Å². The largest absolute Gasteiger partial charge is 0.235 e. The zero-order valence-corrected chi connectivity index (χ0v) is 5.70. The quantitative estimate of drug-likeness (QED) is 0.526. The summed E-state index contributed by atoms with van der Waals surface area (Å²) in [5.41, 5.74) is 0. The molecule has 0 aromatic rings. The average Bonchev–Trinajstić information content (AvgIpc) is 1.61. The Labute approximate surface area is 51.9 Å². The molecule has 0 amide bonds. The van der Waals surface area contributed by atoms with Crippen LogP contribution in [-0.4, -0.2) is 10.9 Å². The van der Waals surface area contributed by atoms with E-state index in [9.17, 15) is 5.11 Å². The molecule has 0 N–H and O–H groups in total. The summed E-state index contributed by atoms with van der Waals surface area (Å²) >= 11 is 3.35. The highest BCUT2D eigenvalue weighted by atomic mass is 79.9. The van der Waals surface area contributed by atoms with Crippen LogP contribution < -0.4 is 0 Å². The summed E-state index contributed by atoms with van der Waals surface area (Å²) in [6, 6.07) is 0. The van der Waals surface area contributed by atoms with Crippen LogP contribution in [0.25, 0.3) is 0 Å². The van der Waals surface area contributed by atoms with Crippen molar-refractivity contribution in [2.24, 2.45) is 0 Å². The van der Waals surface area contributed by atoms with Crippen LogP contribution in [0.2, 0.25) is 0 Å². The minimum atomic E-state index is 0.0208. The van der Waals surface area contributed by atoms with Gasteiger partial charge in [0.05, 0.1) is 10.9 Å². The van der Waals surface area contributed by atoms with Crippen molar-refractivity contribution in [3.8, 4) is 0 Å². The molecular formula is C5H8BrO. The van der Waals surface area contributed by atoms with Crippen LogP contribution in [0.4, 0.5) is 0 Å². The smallest absolute Gasteiger partial charge is 0.0975 e. The minimum absolute atomic E-state index is 0.0208. The van der Waals surface area contributed by atoms with Gasteiger partial charge in [-0.15, -0.1) is 0 Å². The zero-order chi connectivity index (χ0) is 5.33. The SMILES string of the molecule is [O]CC1(Br)CCC1. The van der Waals surface area contributed by atoms with E-state index in [1.165, 1.54) is 6.42 Å². The lowest BCUT2D eigenvalue weighted by molar-refractivity contribution is 0.127. The maximum Gasteiger partial charge on any atom is 0.0975 e. The third kappa shape index (κ3) is 0.970. The van der Waals surface area contributed by atoms with Gasteiger partial charge in [-0.1, -0.05) is 22.4 Å².